The fourth-order valence-corrected chi connectivity index (χ4v) is 0.868. The Labute approximate surface area is 65.2 Å². The predicted molar refractivity (Wildman–Crippen MR) is 43.2 cm³/mol. The molecule has 2 N–H and O–H groups in total. The summed E-state index contributed by atoms with van der Waals surface area (Å²) in [6, 6.07) is 3.67. The molecule has 3 nitrogen and oxygen atoms in total. The second-order valence-electron chi connectivity index (χ2n) is 2.37. The summed E-state index contributed by atoms with van der Waals surface area (Å²) in [6.45, 7) is 1.86. The Kier molecular flexibility index (Phi) is 2.21. The van der Waals surface area contributed by atoms with Crippen molar-refractivity contribution in [2.24, 2.45) is 0 Å². The van der Waals surface area contributed by atoms with Crippen LogP contribution in [0.1, 0.15) is 11.3 Å². The first-order valence-corrected chi connectivity index (χ1v) is 3.39. The molecule has 0 unspecified atom stereocenters. The van der Waals surface area contributed by atoms with Crippen LogP contribution in [-0.4, -0.2) is 11.3 Å². The number of nitrogen functional groups attached to an aromatic ring is 1. The van der Waals surface area contributed by atoms with Crippen molar-refractivity contribution in [3.63, 3.8) is 0 Å². The van der Waals surface area contributed by atoms with Gasteiger partial charge in [-0.15, -0.1) is 0 Å². The van der Waals surface area contributed by atoms with E-state index in [2.05, 4.69) is 4.98 Å². The second kappa shape index (κ2) is 3.14. The summed E-state index contributed by atoms with van der Waals surface area (Å²) in [6.07, 6.45) is 1.17. The molecule has 0 atom stereocenters. The van der Waals surface area contributed by atoms with Crippen molar-refractivity contribution in [1.29, 1.82) is 0 Å². The molecule has 0 amide bonds. The average molecular weight is 150 g/mol. The van der Waals surface area contributed by atoms with Crippen molar-refractivity contribution >= 4 is 12.1 Å². The van der Waals surface area contributed by atoms with Gasteiger partial charge >= 0.3 is 0 Å². The number of nitrogens with two attached hydrogens (primary N) is 1. The van der Waals surface area contributed by atoms with Gasteiger partial charge in [0.25, 0.3) is 0 Å². The van der Waals surface area contributed by atoms with Gasteiger partial charge in [-0.05, 0) is 13.0 Å². The number of aldehydes is 1. The van der Waals surface area contributed by atoms with E-state index in [9.17, 15) is 4.79 Å². The zero-order valence-electron chi connectivity index (χ0n) is 6.37. The molecule has 0 fully saturated rings. The molecule has 0 aliphatic rings. The highest BCUT2D eigenvalue weighted by Gasteiger charge is 1.98. The van der Waals surface area contributed by atoms with Crippen LogP contribution >= 0.6 is 0 Å². The molecular weight excluding hydrogens is 140 g/mol. The Balaban J connectivity index is 2.98. The van der Waals surface area contributed by atoms with Crippen molar-refractivity contribution < 1.29 is 4.79 Å². The monoisotopic (exact) mass is 150 g/mol. The minimum absolute atomic E-state index is 0.346. The Morgan fingerprint density at radius 3 is 2.91 bits per heavy atom. The first kappa shape index (κ1) is 7.72. The fraction of sp³-hybridized carbons (Fsp3) is 0.250. The lowest BCUT2D eigenvalue weighted by atomic mass is 10.2. The molecule has 0 saturated carbocycles. The van der Waals surface area contributed by atoms with E-state index in [1.807, 2.05) is 19.1 Å². The van der Waals surface area contributed by atoms with Gasteiger partial charge in [-0.3, -0.25) is 0 Å². The van der Waals surface area contributed by atoms with Gasteiger partial charge < -0.3 is 10.5 Å². The Bertz CT molecular complexity index is 271. The number of aromatic nitrogens is 1. The molecule has 11 heavy (non-hydrogen) atoms. The van der Waals surface area contributed by atoms with Gasteiger partial charge in [0.1, 0.15) is 12.1 Å². The van der Waals surface area contributed by atoms with Crippen LogP contribution in [0.4, 0.5) is 5.82 Å². The fourth-order valence-electron chi connectivity index (χ4n) is 0.868. The van der Waals surface area contributed by atoms with Gasteiger partial charge in [-0.25, -0.2) is 4.98 Å². The van der Waals surface area contributed by atoms with Crippen molar-refractivity contribution in [2.45, 2.75) is 13.3 Å². The van der Waals surface area contributed by atoms with Crippen LogP contribution in [0, 0.1) is 6.92 Å². The van der Waals surface area contributed by atoms with E-state index in [-0.39, 0.29) is 0 Å². The standard InChI is InChI=1S/C8H10N2O/c1-6-2-3-7(4-5-11)8(9)10-6/h2-3,5H,4H2,1H3,(H2,9,10). The van der Waals surface area contributed by atoms with E-state index in [0.29, 0.717) is 12.2 Å². The summed E-state index contributed by atoms with van der Waals surface area (Å²) in [5.41, 5.74) is 7.21. The molecule has 1 heterocycles. The van der Waals surface area contributed by atoms with Gasteiger partial charge in [0.2, 0.25) is 0 Å². The minimum Gasteiger partial charge on any atom is -0.383 e. The number of hydrogen-bond acceptors (Lipinski definition) is 3. The van der Waals surface area contributed by atoms with Crippen LogP contribution in [0.2, 0.25) is 0 Å². The summed E-state index contributed by atoms with van der Waals surface area (Å²) in [4.78, 5) is 14.1. The van der Waals surface area contributed by atoms with E-state index in [1.54, 1.807) is 0 Å². The number of pyridine rings is 1. The SMILES string of the molecule is Cc1ccc(CC=O)c(N)n1. The Morgan fingerprint density at radius 1 is 1.64 bits per heavy atom. The van der Waals surface area contributed by atoms with Crippen molar-refractivity contribution in [3.05, 3.63) is 23.4 Å². The lowest BCUT2D eigenvalue weighted by Crippen LogP contribution is -1.99. The molecule has 58 valence electrons. The van der Waals surface area contributed by atoms with Gasteiger partial charge in [-0.2, -0.15) is 0 Å². The van der Waals surface area contributed by atoms with E-state index < -0.39 is 0 Å². The molecule has 3 heteroatoms. The summed E-state index contributed by atoms with van der Waals surface area (Å²) in [5.74, 6) is 0.456. The second-order valence-corrected chi connectivity index (χ2v) is 2.37. The predicted octanol–water partition coefficient (Wildman–Crippen LogP) is 0.714. The number of anilines is 1. The lowest BCUT2D eigenvalue weighted by Gasteiger charge is -2.00. The third-order valence-corrected chi connectivity index (χ3v) is 1.45. The van der Waals surface area contributed by atoms with E-state index in [1.165, 1.54) is 0 Å². The smallest absolute Gasteiger partial charge is 0.127 e. The van der Waals surface area contributed by atoms with Crippen LogP contribution in [0.5, 0.6) is 0 Å². The highest BCUT2D eigenvalue weighted by molar-refractivity contribution is 5.59. The molecule has 0 spiro atoms. The number of carbonyl (C=O) groups is 1. The van der Waals surface area contributed by atoms with Crippen LogP contribution in [-0.2, 0) is 11.2 Å². The summed E-state index contributed by atoms with van der Waals surface area (Å²) < 4.78 is 0. The van der Waals surface area contributed by atoms with Crippen molar-refractivity contribution in [3.8, 4) is 0 Å². The van der Waals surface area contributed by atoms with E-state index >= 15 is 0 Å². The topological polar surface area (TPSA) is 56.0 Å². The number of carbonyl (C=O) groups excluding carboxylic acids is 1. The van der Waals surface area contributed by atoms with Crippen molar-refractivity contribution in [2.75, 3.05) is 5.73 Å². The molecule has 0 aliphatic heterocycles. The molecule has 1 rings (SSSR count). The molecular formula is C8H10N2O. The van der Waals surface area contributed by atoms with Gasteiger partial charge in [0, 0.05) is 17.7 Å². The maximum atomic E-state index is 10.1. The van der Waals surface area contributed by atoms with E-state index in [0.717, 1.165) is 17.5 Å². The largest absolute Gasteiger partial charge is 0.383 e. The first-order chi connectivity index (χ1) is 5.24. The summed E-state index contributed by atoms with van der Waals surface area (Å²) in [5, 5.41) is 0. The highest BCUT2D eigenvalue weighted by atomic mass is 16.1. The third kappa shape index (κ3) is 1.77. The van der Waals surface area contributed by atoms with Crippen LogP contribution in [0.25, 0.3) is 0 Å². The van der Waals surface area contributed by atoms with Gasteiger partial charge in [-0.1, -0.05) is 6.07 Å². The first-order valence-electron chi connectivity index (χ1n) is 3.39. The highest BCUT2D eigenvalue weighted by Crippen LogP contribution is 2.08. The molecule has 0 radical (unpaired) electrons. The van der Waals surface area contributed by atoms with Crippen LogP contribution < -0.4 is 5.73 Å². The van der Waals surface area contributed by atoms with E-state index in [4.69, 9.17) is 5.73 Å². The third-order valence-electron chi connectivity index (χ3n) is 1.45. The molecule has 1 aromatic rings. The van der Waals surface area contributed by atoms with Crippen molar-refractivity contribution in [1.82, 2.24) is 4.98 Å². The van der Waals surface area contributed by atoms with Crippen LogP contribution in [0.15, 0.2) is 12.1 Å². The Hall–Kier alpha value is -1.38. The molecule has 0 aliphatic carbocycles. The molecule has 0 aromatic carbocycles. The van der Waals surface area contributed by atoms with Crippen LogP contribution in [0.3, 0.4) is 0 Å². The average Bonchev–Trinajstić information content (AvgIpc) is 1.95. The zero-order valence-corrected chi connectivity index (χ0v) is 6.37. The zero-order chi connectivity index (χ0) is 8.27. The molecule has 1 aromatic heterocycles. The number of nitrogens with zero attached hydrogens (tertiary/aromatic N) is 1. The van der Waals surface area contributed by atoms with Gasteiger partial charge in [0.15, 0.2) is 0 Å². The summed E-state index contributed by atoms with van der Waals surface area (Å²) >= 11 is 0. The summed E-state index contributed by atoms with van der Waals surface area (Å²) in [7, 11) is 0. The van der Waals surface area contributed by atoms with Gasteiger partial charge in [0.05, 0.1) is 0 Å². The minimum atomic E-state index is 0.346. The lowest BCUT2D eigenvalue weighted by molar-refractivity contribution is -0.107. The maximum absolute atomic E-state index is 10.1. The maximum Gasteiger partial charge on any atom is 0.127 e. The normalized spacial score (nSPS) is 9.55. The number of rotatable bonds is 2. The quantitative estimate of drug-likeness (QED) is 0.632. The molecule has 0 bridgehead atoms. The number of hydrogen-bond donors (Lipinski definition) is 1. The Morgan fingerprint density at radius 2 is 2.36 bits per heavy atom. The number of aryl methyl sites for hydroxylation is 1. The molecule has 0 saturated heterocycles.